The zero-order valence-electron chi connectivity index (χ0n) is 25.8. The molecule has 4 rings (SSSR count). The van der Waals surface area contributed by atoms with Gasteiger partial charge >= 0.3 is 11.9 Å². The molecule has 4 aromatic carbocycles. The van der Waals surface area contributed by atoms with Gasteiger partial charge in [0.2, 0.25) is 6.79 Å². The number of rotatable bonds is 14. The summed E-state index contributed by atoms with van der Waals surface area (Å²) in [5, 5.41) is 0. The van der Waals surface area contributed by atoms with E-state index in [-0.39, 0.29) is 19.0 Å². The van der Waals surface area contributed by atoms with E-state index in [1.807, 2.05) is 42.5 Å². The molecule has 236 valence electrons. The van der Waals surface area contributed by atoms with Crippen molar-refractivity contribution in [2.24, 2.45) is 0 Å². The number of hydrogen-bond acceptors (Lipinski definition) is 6. The van der Waals surface area contributed by atoms with E-state index in [0.29, 0.717) is 34.8 Å². The maximum Gasteiger partial charge on any atom is 0.335 e. The van der Waals surface area contributed by atoms with Crippen LogP contribution in [-0.4, -0.2) is 25.4 Å². The molecule has 0 saturated heterocycles. The van der Waals surface area contributed by atoms with Crippen LogP contribution in [-0.2, 0) is 20.7 Å². The molecule has 0 unspecified atom stereocenters. The number of aryl methyl sites for hydroxylation is 1. The van der Waals surface area contributed by atoms with Gasteiger partial charge in [-0.05, 0) is 95.3 Å². The van der Waals surface area contributed by atoms with Crippen LogP contribution in [0.5, 0.6) is 17.2 Å². The molecule has 7 heteroatoms. The third kappa shape index (κ3) is 9.68. The molecule has 0 aliphatic rings. The lowest BCUT2D eigenvalue weighted by atomic mass is 9.94. The van der Waals surface area contributed by atoms with Crippen LogP contribution in [0.15, 0.2) is 135 Å². The van der Waals surface area contributed by atoms with Crippen molar-refractivity contribution in [2.45, 2.75) is 12.8 Å². The molecule has 4 aromatic rings. The lowest BCUT2D eigenvalue weighted by molar-refractivity contribution is -0.129. The molecule has 6 nitrogen and oxygen atoms in total. The molecular weight excluding hydrogens is 595 g/mol. The summed E-state index contributed by atoms with van der Waals surface area (Å²) in [5.74, 6) is 6.75. The maximum atomic E-state index is 13.4. The van der Waals surface area contributed by atoms with Gasteiger partial charge in [0, 0.05) is 17.7 Å². The second-order valence-corrected chi connectivity index (χ2v) is 10.0. The van der Waals surface area contributed by atoms with Gasteiger partial charge < -0.3 is 18.9 Å². The van der Waals surface area contributed by atoms with Crippen molar-refractivity contribution in [1.29, 1.82) is 0 Å². The Kier molecular flexibility index (Phi) is 12.1. The van der Waals surface area contributed by atoms with Gasteiger partial charge in [0.1, 0.15) is 23.0 Å². The molecule has 0 aliphatic carbocycles. The first kappa shape index (κ1) is 33.8. The van der Waals surface area contributed by atoms with E-state index in [0.717, 1.165) is 40.0 Å². The van der Waals surface area contributed by atoms with Crippen molar-refractivity contribution in [1.82, 2.24) is 0 Å². The maximum absolute atomic E-state index is 13.4. The number of benzene rings is 4. The molecule has 0 bridgehead atoms. The van der Waals surface area contributed by atoms with E-state index >= 15 is 0 Å². The quantitative estimate of drug-likeness (QED) is 0.0265. The second-order valence-electron chi connectivity index (χ2n) is 10.0. The average molecular weight is 629 g/mol. The molecule has 0 heterocycles. The van der Waals surface area contributed by atoms with Crippen LogP contribution >= 0.6 is 0 Å². The second kappa shape index (κ2) is 16.8. The summed E-state index contributed by atoms with van der Waals surface area (Å²) in [6, 6.07) is 25.7. The largest absolute Gasteiger partial charge is 0.458 e. The fraction of sp³-hybridized carbons (Fsp3) is 0.100. The van der Waals surface area contributed by atoms with Crippen molar-refractivity contribution in [2.75, 3.05) is 13.5 Å². The summed E-state index contributed by atoms with van der Waals surface area (Å²) < 4.78 is 35.0. The van der Waals surface area contributed by atoms with Crippen LogP contribution in [0.1, 0.15) is 23.1 Å². The highest BCUT2D eigenvalue weighted by Gasteiger charge is 2.15. The lowest BCUT2D eigenvalue weighted by Crippen LogP contribution is -2.07. The first-order valence-electron chi connectivity index (χ1n) is 14.6. The number of carbonyl (C=O) groups is 2. The molecule has 0 aliphatic heterocycles. The van der Waals surface area contributed by atoms with Crippen LogP contribution in [0.3, 0.4) is 0 Å². The minimum atomic E-state index is -0.637. The van der Waals surface area contributed by atoms with Crippen molar-refractivity contribution in [3.05, 3.63) is 152 Å². The fourth-order valence-corrected chi connectivity index (χ4v) is 4.40. The number of esters is 2. The Morgan fingerprint density at radius 2 is 1.28 bits per heavy atom. The van der Waals surface area contributed by atoms with Crippen LogP contribution in [0.2, 0.25) is 0 Å². The fourth-order valence-electron chi connectivity index (χ4n) is 4.40. The predicted molar refractivity (Wildman–Crippen MR) is 182 cm³/mol. The first-order chi connectivity index (χ1) is 22.8. The Morgan fingerprint density at radius 3 is 1.87 bits per heavy atom. The molecule has 0 aromatic heterocycles. The zero-order chi connectivity index (χ0) is 33.6. The van der Waals surface area contributed by atoms with Gasteiger partial charge in [-0.25, -0.2) is 9.59 Å². The number of halogens is 1. The number of hydrogen-bond donors (Lipinski definition) is 0. The molecule has 0 N–H and O–H groups in total. The van der Waals surface area contributed by atoms with Gasteiger partial charge in [-0.1, -0.05) is 74.6 Å². The van der Waals surface area contributed by atoms with E-state index in [9.17, 15) is 14.0 Å². The summed E-state index contributed by atoms with van der Waals surface area (Å²) in [6.45, 7) is 13.6. The van der Waals surface area contributed by atoms with Gasteiger partial charge in [-0.3, -0.25) is 4.39 Å². The SMILES string of the molecule is C=CC(=C)OCOc1ccc(C#Cc2c(CCCF)cc(-c3ccc(-c4ccc(OC(=O)C=C)cc4)cc3)cc2OC(=O)C=C)cc1. The van der Waals surface area contributed by atoms with Crippen LogP contribution in [0, 0.1) is 11.8 Å². The summed E-state index contributed by atoms with van der Waals surface area (Å²) in [6.07, 6.45) is 4.33. The van der Waals surface area contributed by atoms with E-state index in [1.54, 1.807) is 42.5 Å². The number of ether oxygens (including phenoxy) is 4. The minimum absolute atomic E-state index is 0.0109. The molecule has 0 amide bonds. The normalized spacial score (nSPS) is 10.1. The van der Waals surface area contributed by atoms with Gasteiger partial charge in [0.05, 0.1) is 12.2 Å². The Balaban J connectivity index is 1.63. The molecule has 0 radical (unpaired) electrons. The van der Waals surface area contributed by atoms with Crippen molar-refractivity contribution in [3.8, 4) is 51.3 Å². The highest BCUT2D eigenvalue weighted by molar-refractivity contribution is 5.85. The number of allylic oxidation sites excluding steroid dienone is 1. The molecule has 0 atom stereocenters. The third-order valence-corrected chi connectivity index (χ3v) is 6.82. The van der Waals surface area contributed by atoms with Gasteiger partial charge in [0.25, 0.3) is 0 Å². The Labute approximate surface area is 274 Å². The monoisotopic (exact) mass is 628 g/mol. The topological polar surface area (TPSA) is 71.1 Å². The molecular formula is C40H33FO6. The smallest absolute Gasteiger partial charge is 0.335 e. The summed E-state index contributed by atoms with van der Waals surface area (Å²) in [7, 11) is 0. The first-order valence-corrected chi connectivity index (χ1v) is 14.6. The molecule has 0 spiro atoms. The standard InChI is InChI=1S/C40H33FO6/c1-5-28(4)44-27-45-35-19-10-29(11-20-35)12-23-37-33(9-8-24-41)25-34(26-38(37)47-40(43)7-3)32-15-13-30(14-16-32)31-17-21-36(22-18-31)46-39(42)6-2/h5-7,10-11,13-22,25-26H,1-4,8-9,24,27H2. The van der Waals surface area contributed by atoms with Crippen molar-refractivity contribution < 1.29 is 32.9 Å². The minimum Gasteiger partial charge on any atom is -0.458 e. The third-order valence-electron chi connectivity index (χ3n) is 6.82. The number of alkyl halides is 1. The summed E-state index contributed by atoms with van der Waals surface area (Å²) >= 11 is 0. The van der Waals surface area contributed by atoms with Gasteiger partial charge in [-0.15, -0.1) is 0 Å². The highest BCUT2D eigenvalue weighted by Crippen LogP contribution is 2.33. The lowest BCUT2D eigenvalue weighted by Gasteiger charge is -2.14. The zero-order valence-corrected chi connectivity index (χ0v) is 25.8. The van der Waals surface area contributed by atoms with Crippen LogP contribution in [0.4, 0.5) is 4.39 Å². The van der Waals surface area contributed by atoms with Crippen molar-refractivity contribution in [3.63, 3.8) is 0 Å². The average Bonchev–Trinajstić information content (AvgIpc) is 3.10. The Hall–Kier alpha value is -6.13. The summed E-state index contributed by atoms with van der Waals surface area (Å²) in [5.41, 5.74) is 5.43. The summed E-state index contributed by atoms with van der Waals surface area (Å²) in [4.78, 5) is 23.8. The van der Waals surface area contributed by atoms with Crippen LogP contribution in [0.25, 0.3) is 22.3 Å². The molecule has 0 fully saturated rings. The van der Waals surface area contributed by atoms with E-state index in [2.05, 4.69) is 38.2 Å². The van der Waals surface area contributed by atoms with Gasteiger partial charge in [0.15, 0.2) is 0 Å². The Bertz CT molecular complexity index is 1830. The van der Waals surface area contributed by atoms with Gasteiger partial charge in [-0.2, -0.15) is 0 Å². The van der Waals surface area contributed by atoms with Crippen molar-refractivity contribution >= 4 is 11.9 Å². The highest BCUT2D eigenvalue weighted by atomic mass is 19.1. The number of carbonyl (C=O) groups excluding carboxylic acids is 2. The molecule has 0 saturated carbocycles. The van der Waals surface area contributed by atoms with E-state index < -0.39 is 18.6 Å². The van der Waals surface area contributed by atoms with E-state index in [1.165, 1.54) is 6.08 Å². The Morgan fingerprint density at radius 1 is 0.702 bits per heavy atom. The van der Waals surface area contributed by atoms with Crippen LogP contribution < -0.4 is 14.2 Å². The predicted octanol–water partition coefficient (Wildman–Crippen LogP) is 8.56. The molecule has 47 heavy (non-hydrogen) atoms. The van der Waals surface area contributed by atoms with E-state index in [4.69, 9.17) is 18.9 Å².